The topological polar surface area (TPSA) is 161 Å². The van der Waals surface area contributed by atoms with Crippen LogP contribution in [-0.2, 0) is 56.2 Å². The molecule has 0 amide bonds. The van der Waals surface area contributed by atoms with Gasteiger partial charge in [0.15, 0.2) is 16.7 Å². The Hall–Kier alpha value is -2.78. The van der Waals surface area contributed by atoms with Crippen molar-refractivity contribution in [3.05, 3.63) is 30.3 Å². The Morgan fingerprint density at radius 3 is 2.16 bits per heavy atom. The van der Waals surface area contributed by atoms with Gasteiger partial charge in [0, 0.05) is 43.4 Å². The summed E-state index contributed by atoms with van der Waals surface area (Å²) >= 11 is 3.36. The number of rotatable bonds is 7. The van der Waals surface area contributed by atoms with E-state index in [9.17, 15) is 37.1 Å². The lowest BCUT2D eigenvalue weighted by atomic mass is 9.44. The molecule has 0 bridgehead atoms. The van der Waals surface area contributed by atoms with Gasteiger partial charge in [0.25, 0.3) is 0 Å². The van der Waals surface area contributed by atoms with Crippen molar-refractivity contribution in [2.75, 3.05) is 13.2 Å². The average Bonchev–Trinajstić information content (AvgIpc) is 3.39. The molecule has 0 saturated heterocycles. The maximum absolute atomic E-state index is 13.8. The maximum atomic E-state index is 13.8. The van der Waals surface area contributed by atoms with Crippen LogP contribution in [0.25, 0.3) is 0 Å². The number of hydrogen-bond donors (Lipinski definition) is 0. The highest BCUT2D eigenvalue weighted by Crippen LogP contribution is 2.66. The summed E-state index contributed by atoms with van der Waals surface area (Å²) in [6, 6.07) is 9.96. The molecule has 4 fully saturated rings. The standard InChI is InChI=1S/C28H40O7.C6H6S.CHF3O3S/c1-5-34-25(33)15-35-24(32)9-6-16(2)19-7-8-20-26-21(14-23(31)28(19,20)4)27(3)11-10-18(29)12-17(27)13-22(26)30;7-6-4-2-1-3-5-6;2-1(3,4)8(5,6)7/h16-17,19-21,26H,5-15H2,1-4H3;1-5,7H;(H,5,6,7)/t16-,17+,19-,20+,21+,26+,27+,28-;;/m1../s1. The van der Waals surface area contributed by atoms with Gasteiger partial charge in [-0.05, 0) is 92.4 Å². The van der Waals surface area contributed by atoms with Gasteiger partial charge in [0.2, 0.25) is 0 Å². The molecular weight excluding hydrogens is 702 g/mol. The molecule has 8 atom stereocenters. The molecule has 1 aromatic rings. The lowest BCUT2D eigenvalue weighted by molar-refractivity contribution is -0.166. The van der Waals surface area contributed by atoms with Gasteiger partial charge in [-0.15, -0.1) is 0 Å². The van der Waals surface area contributed by atoms with Crippen LogP contribution in [0.15, 0.2) is 35.2 Å². The number of carbonyl (C=O) groups excluding carboxylic acids is 5. The van der Waals surface area contributed by atoms with E-state index in [-0.39, 0.29) is 77.9 Å². The zero-order valence-corrected chi connectivity index (χ0v) is 30.6. The monoisotopic (exact) mass is 748 g/mol. The van der Waals surface area contributed by atoms with Gasteiger partial charge in [-0.3, -0.25) is 19.2 Å². The first-order valence-electron chi connectivity index (χ1n) is 16.8. The van der Waals surface area contributed by atoms with Gasteiger partial charge in [-0.2, -0.15) is 13.2 Å². The van der Waals surface area contributed by atoms with Crippen LogP contribution >= 0.6 is 0 Å². The molecule has 4 saturated carbocycles. The molecule has 0 unspecified atom stereocenters. The molecule has 0 radical (unpaired) electrons. The summed E-state index contributed by atoms with van der Waals surface area (Å²) in [7, 11) is -6.09. The van der Waals surface area contributed by atoms with Crippen LogP contribution in [0.2, 0.25) is 0 Å². The van der Waals surface area contributed by atoms with Gasteiger partial charge in [-0.1, -0.05) is 39.0 Å². The lowest BCUT2D eigenvalue weighted by Gasteiger charge is -2.58. The third-order valence-electron chi connectivity index (χ3n) is 11.4. The van der Waals surface area contributed by atoms with Crippen LogP contribution < -0.4 is 0 Å². The summed E-state index contributed by atoms with van der Waals surface area (Å²) in [5.74, 6) is 0.0674. The third-order valence-corrected chi connectivity index (χ3v) is 12.3. The van der Waals surface area contributed by atoms with Crippen molar-refractivity contribution in [1.82, 2.24) is 0 Å². The first kappa shape index (κ1) is 41.6. The number of ether oxygens (including phenoxy) is 2. The number of fused-ring (bicyclic) bond motifs is 5. The first-order chi connectivity index (χ1) is 23.2. The highest BCUT2D eigenvalue weighted by atomic mass is 32.2. The van der Waals surface area contributed by atoms with Gasteiger partial charge >= 0.3 is 17.4 Å². The third kappa shape index (κ3) is 9.55. The van der Waals surface area contributed by atoms with E-state index >= 15 is 0 Å². The number of ketones is 3. The molecule has 4 aliphatic carbocycles. The molecule has 50 heavy (non-hydrogen) atoms. The van der Waals surface area contributed by atoms with Crippen LogP contribution in [0.1, 0.15) is 85.5 Å². The quantitative estimate of drug-likeness (QED) is 0.157. The maximum Gasteiger partial charge on any atom is 0.485 e. The second kappa shape index (κ2) is 16.7. The molecule has 280 valence electrons. The summed E-state index contributed by atoms with van der Waals surface area (Å²) in [6.07, 6.45) is 5.22. The Balaban J connectivity index is 0.000000372. The Morgan fingerprint density at radius 1 is 1.00 bits per heavy atom. The van der Waals surface area contributed by atoms with Crippen molar-refractivity contribution < 1.29 is 59.6 Å². The fourth-order valence-corrected chi connectivity index (χ4v) is 8.98. The molecule has 1 aromatic carbocycles. The van der Waals surface area contributed by atoms with Crippen molar-refractivity contribution >= 4 is 52.0 Å². The molecule has 10 nitrogen and oxygen atoms in total. The fourth-order valence-electron chi connectivity index (χ4n) is 8.79. The molecule has 0 aromatic heterocycles. The number of esters is 2. The molecule has 0 spiro atoms. The van der Waals surface area contributed by atoms with Crippen molar-refractivity contribution in [3.8, 4) is 0 Å². The smallest absolute Gasteiger partial charge is 0.485 e. The van der Waals surface area contributed by atoms with E-state index in [2.05, 4.69) is 33.4 Å². The Morgan fingerprint density at radius 2 is 1.62 bits per heavy atom. The molecule has 0 N–H and O–H groups in total. The van der Waals surface area contributed by atoms with E-state index in [0.717, 1.165) is 24.2 Å². The predicted octanol–water partition coefficient (Wildman–Crippen LogP) is 5.20. The number of carbonyl (C=O) groups is 5. The molecular formula is C35H47F3O10S2. The molecule has 0 aliphatic heterocycles. The summed E-state index contributed by atoms with van der Waals surface area (Å²) in [4.78, 5) is 64.1. The van der Waals surface area contributed by atoms with E-state index in [1.165, 1.54) is 0 Å². The highest BCUT2D eigenvalue weighted by molar-refractivity contribution is 7.86. The fraction of sp³-hybridized carbons (Fsp3) is 0.686. The Kier molecular flexibility index (Phi) is 13.9. The second-order valence-corrected chi connectivity index (χ2v) is 16.1. The minimum absolute atomic E-state index is 0.0411. The van der Waals surface area contributed by atoms with E-state index in [1.54, 1.807) is 6.92 Å². The lowest BCUT2D eigenvalue weighted by Crippen LogP contribution is -2.60. The zero-order chi connectivity index (χ0) is 37.7. The first-order valence-corrected chi connectivity index (χ1v) is 18.7. The van der Waals surface area contributed by atoms with E-state index < -0.39 is 33.0 Å². The van der Waals surface area contributed by atoms with Crippen molar-refractivity contribution in [2.45, 2.75) is 95.9 Å². The predicted molar refractivity (Wildman–Crippen MR) is 178 cm³/mol. The number of alkyl halides is 3. The minimum atomic E-state index is -6.09. The highest BCUT2D eigenvalue weighted by Gasteiger charge is 2.66. The number of halogens is 3. The minimum Gasteiger partial charge on any atom is -0.741 e. The van der Waals surface area contributed by atoms with Gasteiger partial charge in [-0.25, -0.2) is 13.2 Å². The van der Waals surface area contributed by atoms with Crippen molar-refractivity contribution in [3.63, 3.8) is 0 Å². The molecule has 4 aliphatic rings. The van der Waals surface area contributed by atoms with Crippen LogP contribution in [0, 0.1) is 46.3 Å². The zero-order valence-electron chi connectivity index (χ0n) is 28.8. The van der Waals surface area contributed by atoms with Crippen LogP contribution in [0.3, 0.4) is 0 Å². The van der Waals surface area contributed by atoms with Gasteiger partial charge < -0.3 is 14.0 Å². The van der Waals surface area contributed by atoms with E-state index in [1.807, 2.05) is 30.3 Å². The van der Waals surface area contributed by atoms with E-state index in [4.69, 9.17) is 22.4 Å². The van der Waals surface area contributed by atoms with Crippen LogP contribution in [-0.4, -0.2) is 61.0 Å². The molecule has 15 heteroatoms. The summed E-state index contributed by atoms with van der Waals surface area (Å²) < 4.78 is 68.7. The Labute approximate surface area is 296 Å². The summed E-state index contributed by atoms with van der Waals surface area (Å²) in [5, 5.41) is 0. The van der Waals surface area contributed by atoms with Gasteiger partial charge in [0.05, 0.1) is 6.61 Å². The SMILES string of the molecule is CCOC(=O)COC(=O)CC[C@@H](C)[C@H]1CC[C@H]2[C@@H]3C(=O)C[C@@H]4CC(=O)CC[C@]4(C)[C@H]3CC(=O)[C@]12C.O=S(=O)([O-])C(F)(F)F.[SH2+]c1ccccc1. The van der Waals surface area contributed by atoms with Crippen molar-refractivity contribution in [2.24, 2.45) is 46.3 Å². The van der Waals surface area contributed by atoms with Gasteiger partial charge in [0.1, 0.15) is 22.2 Å². The van der Waals surface area contributed by atoms with Crippen molar-refractivity contribution in [1.29, 1.82) is 0 Å². The second-order valence-electron chi connectivity index (χ2n) is 14.2. The van der Waals surface area contributed by atoms with E-state index in [0.29, 0.717) is 32.1 Å². The number of hydrogen-bond acceptors (Lipinski definition) is 10. The molecule has 5 rings (SSSR count). The molecule has 0 heterocycles. The number of Topliss-reactive ketones (excluding diaryl/α,β-unsaturated/α-hetero) is 3. The van der Waals surface area contributed by atoms with Crippen LogP contribution in [0.4, 0.5) is 13.2 Å². The average molecular weight is 749 g/mol. The Bertz CT molecular complexity index is 1520. The number of benzene rings is 1. The summed E-state index contributed by atoms with van der Waals surface area (Å²) in [6.45, 7) is 7.94. The normalized spacial score (nSPS) is 31.0. The summed E-state index contributed by atoms with van der Waals surface area (Å²) in [5.41, 5.74) is -6.32. The van der Waals surface area contributed by atoms with Crippen LogP contribution in [0.5, 0.6) is 0 Å². The largest absolute Gasteiger partial charge is 0.741 e.